The van der Waals surface area contributed by atoms with Gasteiger partial charge in [-0.3, -0.25) is 5.10 Å². The molecule has 0 spiro atoms. The predicted octanol–water partition coefficient (Wildman–Crippen LogP) is 1.97. The highest BCUT2D eigenvalue weighted by Crippen LogP contribution is 2.26. The number of halogens is 1. The van der Waals surface area contributed by atoms with Gasteiger partial charge in [-0.25, -0.2) is 0 Å². The van der Waals surface area contributed by atoms with Gasteiger partial charge in [0.25, 0.3) is 0 Å². The lowest BCUT2D eigenvalue weighted by atomic mass is 9.95. The van der Waals surface area contributed by atoms with Crippen molar-refractivity contribution in [2.45, 2.75) is 32.2 Å². The van der Waals surface area contributed by atoms with E-state index < -0.39 is 0 Å². The summed E-state index contributed by atoms with van der Waals surface area (Å²) in [5.74, 6) is 0.636. The Labute approximate surface area is 110 Å². The molecule has 0 aliphatic rings. The number of fused-ring (bicyclic) bond motifs is 1. The number of rotatable bonds is 5. The molecule has 2 aromatic rings. The Hall–Kier alpha value is -1.40. The van der Waals surface area contributed by atoms with Gasteiger partial charge in [0.2, 0.25) is 5.28 Å². The quantitative estimate of drug-likeness (QED) is 0.723. The first kappa shape index (κ1) is 13.0. The number of hydrogen-bond donors (Lipinski definition) is 3. The number of H-pyrrole nitrogens is 1. The summed E-state index contributed by atoms with van der Waals surface area (Å²) in [5, 5.41) is 20.1. The first-order chi connectivity index (χ1) is 8.58. The van der Waals surface area contributed by atoms with Crippen LogP contribution in [-0.2, 0) is 0 Å². The maximum atomic E-state index is 9.12. The molecule has 2 aromatic heterocycles. The summed E-state index contributed by atoms with van der Waals surface area (Å²) in [5.41, 5.74) is 0.358. The summed E-state index contributed by atoms with van der Waals surface area (Å²) in [7, 11) is 0. The molecular weight excluding hydrogens is 254 g/mol. The second kappa shape index (κ2) is 5.07. The SMILES string of the molecule is CCC(C)(CCO)Nc1nc(Cl)nc2[nH]ncc12. The lowest BCUT2D eigenvalue weighted by molar-refractivity contribution is 0.252. The monoisotopic (exact) mass is 269 g/mol. The van der Waals surface area contributed by atoms with Crippen LogP contribution in [0, 0.1) is 0 Å². The minimum atomic E-state index is -0.239. The van der Waals surface area contributed by atoms with E-state index in [4.69, 9.17) is 16.7 Å². The Balaban J connectivity index is 2.38. The standard InChI is InChI=1S/C11H16ClN5O/c1-3-11(2,4-5-18)16-8-7-6-13-17-9(7)15-10(12)14-8/h6,18H,3-5H2,1-2H3,(H2,13,14,15,16,17). The maximum Gasteiger partial charge on any atom is 0.226 e. The molecule has 3 N–H and O–H groups in total. The third-order valence-corrected chi connectivity index (χ3v) is 3.32. The van der Waals surface area contributed by atoms with Crippen molar-refractivity contribution in [1.29, 1.82) is 0 Å². The van der Waals surface area contributed by atoms with Crippen molar-refractivity contribution in [2.24, 2.45) is 0 Å². The van der Waals surface area contributed by atoms with Crippen LogP contribution >= 0.6 is 11.6 Å². The number of aliphatic hydroxyl groups excluding tert-OH is 1. The molecular formula is C11H16ClN5O. The second-order valence-corrected chi connectivity index (χ2v) is 4.82. The minimum absolute atomic E-state index is 0.116. The molecule has 0 saturated carbocycles. The summed E-state index contributed by atoms with van der Waals surface area (Å²) in [6.07, 6.45) is 3.14. The molecule has 0 radical (unpaired) electrons. The maximum absolute atomic E-state index is 9.12. The van der Waals surface area contributed by atoms with Gasteiger partial charge in [0.15, 0.2) is 5.65 Å². The summed E-state index contributed by atoms with van der Waals surface area (Å²) >= 11 is 5.87. The van der Waals surface area contributed by atoms with E-state index in [-0.39, 0.29) is 17.4 Å². The van der Waals surface area contributed by atoms with Crippen molar-refractivity contribution in [3.8, 4) is 0 Å². The van der Waals surface area contributed by atoms with Crippen LogP contribution in [-0.4, -0.2) is 37.4 Å². The number of anilines is 1. The van der Waals surface area contributed by atoms with E-state index >= 15 is 0 Å². The molecule has 1 unspecified atom stereocenters. The van der Waals surface area contributed by atoms with Crippen molar-refractivity contribution in [3.05, 3.63) is 11.5 Å². The van der Waals surface area contributed by atoms with Gasteiger partial charge in [0.05, 0.1) is 11.6 Å². The molecule has 0 saturated heterocycles. The van der Waals surface area contributed by atoms with Crippen molar-refractivity contribution in [2.75, 3.05) is 11.9 Å². The Morgan fingerprint density at radius 2 is 2.28 bits per heavy atom. The van der Waals surface area contributed by atoms with E-state index in [2.05, 4.69) is 32.4 Å². The summed E-state index contributed by atoms with van der Waals surface area (Å²) in [6, 6.07) is 0. The van der Waals surface area contributed by atoms with Crippen LogP contribution in [0.25, 0.3) is 11.0 Å². The summed E-state index contributed by atoms with van der Waals surface area (Å²) in [4.78, 5) is 8.24. The first-order valence-electron chi connectivity index (χ1n) is 5.83. The highest BCUT2D eigenvalue weighted by Gasteiger charge is 2.23. The van der Waals surface area contributed by atoms with E-state index in [1.165, 1.54) is 0 Å². The Bertz CT molecular complexity index is 543. The number of aromatic nitrogens is 4. The number of aliphatic hydroxyl groups is 1. The predicted molar refractivity (Wildman–Crippen MR) is 70.7 cm³/mol. The summed E-state index contributed by atoms with van der Waals surface area (Å²) < 4.78 is 0. The fraction of sp³-hybridized carbons (Fsp3) is 0.545. The van der Waals surface area contributed by atoms with E-state index in [0.29, 0.717) is 17.9 Å². The average molecular weight is 270 g/mol. The third kappa shape index (κ3) is 2.54. The van der Waals surface area contributed by atoms with Crippen LogP contribution in [0.5, 0.6) is 0 Å². The van der Waals surface area contributed by atoms with Crippen LogP contribution in [0.2, 0.25) is 5.28 Å². The average Bonchev–Trinajstić information content (AvgIpc) is 2.77. The molecule has 18 heavy (non-hydrogen) atoms. The van der Waals surface area contributed by atoms with Gasteiger partial charge < -0.3 is 10.4 Å². The fourth-order valence-corrected chi connectivity index (χ4v) is 1.93. The highest BCUT2D eigenvalue weighted by atomic mass is 35.5. The molecule has 0 fully saturated rings. The van der Waals surface area contributed by atoms with Gasteiger partial charge in [-0.05, 0) is 31.4 Å². The molecule has 6 nitrogen and oxygen atoms in total. The van der Waals surface area contributed by atoms with Gasteiger partial charge in [-0.15, -0.1) is 0 Å². The van der Waals surface area contributed by atoms with Crippen LogP contribution in [0.15, 0.2) is 6.20 Å². The van der Waals surface area contributed by atoms with Crippen LogP contribution in [0.3, 0.4) is 0 Å². The number of nitrogens with zero attached hydrogens (tertiary/aromatic N) is 3. The van der Waals surface area contributed by atoms with Crippen molar-refractivity contribution in [3.63, 3.8) is 0 Å². The summed E-state index contributed by atoms with van der Waals surface area (Å²) in [6.45, 7) is 4.20. The van der Waals surface area contributed by atoms with Crippen molar-refractivity contribution < 1.29 is 5.11 Å². The van der Waals surface area contributed by atoms with E-state index in [1.807, 2.05) is 6.92 Å². The number of nitrogens with one attached hydrogen (secondary N) is 2. The molecule has 0 amide bonds. The van der Waals surface area contributed by atoms with Crippen LogP contribution < -0.4 is 5.32 Å². The molecule has 0 bridgehead atoms. The first-order valence-corrected chi connectivity index (χ1v) is 6.21. The zero-order valence-corrected chi connectivity index (χ0v) is 11.1. The largest absolute Gasteiger partial charge is 0.396 e. The van der Waals surface area contributed by atoms with Gasteiger partial charge in [-0.2, -0.15) is 15.1 Å². The Morgan fingerprint density at radius 1 is 1.50 bits per heavy atom. The molecule has 1 atom stereocenters. The van der Waals surface area contributed by atoms with Gasteiger partial charge >= 0.3 is 0 Å². The highest BCUT2D eigenvalue weighted by molar-refractivity contribution is 6.28. The molecule has 2 heterocycles. The second-order valence-electron chi connectivity index (χ2n) is 4.49. The van der Waals surface area contributed by atoms with E-state index in [9.17, 15) is 0 Å². The van der Waals surface area contributed by atoms with Crippen LogP contribution in [0.1, 0.15) is 26.7 Å². The van der Waals surface area contributed by atoms with Gasteiger partial charge in [0.1, 0.15) is 5.82 Å². The molecule has 7 heteroatoms. The van der Waals surface area contributed by atoms with Crippen molar-refractivity contribution in [1.82, 2.24) is 20.2 Å². The molecule has 0 aliphatic carbocycles. The smallest absolute Gasteiger partial charge is 0.226 e. The normalized spacial score (nSPS) is 14.7. The fourth-order valence-electron chi connectivity index (χ4n) is 1.76. The Kier molecular flexibility index (Phi) is 3.68. The number of aromatic amines is 1. The van der Waals surface area contributed by atoms with E-state index in [1.54, 1.807) is 6.20 Å². The molecule has 98 valence electrons. The molecule has 2 rings (SSSR count). The Morgan fingerprint density at radius 3 is 2.94 bits per heavy atom. The molecule has 0 aromatic carbocycles. The van der Waals surface area contributed by atoms with E-state index in [0.717, 1.165) is 11.8 Å². The lowest BCUT2D eigenvalue weighted by Gasteiger charge is -2.29. The van der Waals surface area contributed by atoms with Gasteiger partial charge in [-0.1, -0.05) is 6.92 Å². The number of hydrogen-bond acceptors (Lipinski definition) is 5. The topological polar surface area (TPSA) is 86.7 Å². The van der Waals surface area contributed by atoms with Crippen molar-refractivity contribution >= 4 is 28.5 Å². The van der Waals surface area contributed by atoms with Crippen LogP contribution in [0.4, 0.5) is 5.82 Å². The molecule has 0 aliphatic heterocycles. The van der Waals surface area contributed by atoms with Gasteiger partial charge in [0, 0.05) is 12.1 Å². The zero-order chi connectivity index (χ0) is 13.2. The minimum Gasteiger partial charge on any atom is -0.396 e. The lowest BCUT2D eigenvalue weighted by Crippen LogP contribution is -2.35. The third-order valence-electron chi connectivity index (χ3n) is 3.15. The zero-order valence-electron chi connectivity index (χ0n) is 10.4.